The molecule has 14 nitrogen and oxygen atoms in total. The minimum absolute atomic E-state index is 0.128. The maximum atomic E-state index is 12.1. The number of fused-ring (bicyclic) bond motifs is 1. The van der Waals surface area contributed by atoms with Crippen LogP contribution in [0.3, 0.4) is 0 Å². The van der Waals surface area contributed by atoms with E-state index in [1.54, 1.807) is 11.6 Å². The highest BCUT2D eigenvalue weighted by Gasteiger charge is 2.45. The molecule has 1 saturated heterocycles. The maximum Gasteiger partial charge on any atom is 0.362 e. The van der Waals surface area contributed by atoms with Gasteiger partial charge in [-0.15, -0.1) is 0 Å². The van der Waals surface area contributed by atoms with Gasteiger partial charge in [0.2, 0.25) is 0 Å². The van der Waals surface area contributed by atoms with Crippen molar-refractivity contribution in [3.63, 3.8) is 0 Å². The molecule has 1 aliphatic heterocycles. The summed E-state index contributed by atoms with van der Waals surface area (Å²) in [5, 5.41) is 20.8. The first-order valence-electron chi connectivity index (χ1n) is 9.58. The number of hydrogen-bond acceptors (Lipinski definition) is 12. The van der Waals surface area contributed by atoms with Crippen molar-refractivity contribution in [2.75, 3.05) is 12.3 Å². The highest BCUT2D eigenvalue weighted by molar-refractivity contribution is 14.1. The molecule has 2 aromatic rings. The Hall–Kier alpha value is -1.70. The van der Waals surface area contributed by atoms with Gasteiger partial charge in [-0.25, -0.2) is 19.7 Å². The van der Waals surface area contributed by atoms with Crippen LogP contribution in [-0.2, 0) is 24.0 Å². The quantitative estimate of drug-likeness (QED) is 0.175. The van der Waals surface area contributed by atoms with E-state index in [1.807, 2.05) is 29.5 Å². The van der Waals surface area contributed by atoms with E-state index < -0.39 is 53.4 Å². The molecular formula is C16H24IN7O7S. The van der Waals surface area contributed by atoms with Crippen LogP contribution in [-0.4, -0.2) is 75.0 Å². The number of nitrogens with zero attached hydrogens (tertiary/aromatic N) is 4. The fourth-order valence-electron chi connectivity index (χ4n) is 3.08. The van der Waals surface area contributed by atoms with Crippen molar-refractivity contribution in [3.8, 4) is 0 Å². The molecule has 16 heteroatoms. The van der Waals surface area contributed by atoms with E-state index in [0.717, 1.165) is 0 Å². The Bertz CT molecular complexity index is 1100. The van der Waals surface area contributed by atoms with E-state index in [9.17, 15) is 23.4 Å². The number of carbonyl (C=O) groups is 1. The van der Waals surface area contributed by atoms with Gasteiger partial charge < -0.3 is 26.4 Å². The van der Waals surface area contributed by atoms with Crippen LogP contribution >= 0.6 is 22.6 Å². The summed E-state index contributed by atoms with van der Waals surface area (Å²) in [5.41, 5.74) is 12.1. The Labute approximate surface area is 197 Å². The number of nitrogens with two attached hydrogens (primary N) is 2. The largest absolute Gasteiger partial charge is 0.387 e. The van der Waals surface area contributed by atoms with E-state index in [1.165, 1.54) is 10.9 Å². The van der Waals surface area contributed by atoms with Gasteiger partial charge in [-0.05, 0) is 5.92 Å². The number of halogens is 1. The fraction of sp³-hybridized carbons (Fsp3) is 0.625. The molecular weight excluding hydrogens is 561 g/mol. The highest BCUT2D eigenvalue weighted by Crippen LogP contribution is 2.32. The average Bonchev–Trinajstić information content (AvgIpc) is 3.26. The number of aromatic nitrogens is 4. The first-order valence-corrected chi connectivity index (χ1v) is 12.1. The molecule has 178 valence electrons. The van der Waals surface area contributed by atoms with Crippen molar-refractivity contribution in [2.45, 2.75) is 50.8 Å². The molecule has 32 heavy (non-hydrogen) atoms. The molecule has 3 heterocycles. The fourth-order valence-corrected chi connectivity index (χ4v) is 4.33. The predicted octanol–water partition coefficient (Wildman–Crippen LogP) is -1.62. The molecule has 1 aliphatic rings. The van der Waals surface area contributed by atoms with Crippen LogP contribution in [0.1, 0.15) is 26.5 Å². The molecule has 0 aromatic carbocycles. The highest BCUT2D eigenvalue weighted by atomic mass is 127. The van der Waals surface area contributed by atoms with Gasteiger partial charge in [-0.3, -0.25) is 13.5 Å². The number of aliphatic hydroxyl groups excluding tert-OH is 2. The molecule has 6 atom stereocenters. The lowest BCUT2D eigenvalue weighted by molar-refractivity contribution is -0.121. The number of anilines is 1. The molecule has 2 unspecified atom stereocenters. The van der Waals surface area contributed by atoms with Crippen molar-refractivity contribution in [2.24, 2.45) is 11.7 Å². The number of carbonyl (C=O) groups excluding carboxylic acids is 1. The number of nitrogen functional groups attached to an aromatic ring is 1. The van der Waals surface area contributed by atoms with Crippen molar-refractivity contribution in [3.05, 3.63) is 10.2 Å². The van der Waals surface area contributed by atoms with E-state index in [2.05, 4.69) is 15.0 Å². The van der Waals surface area contributed by atoms with Crippen LogP contribution in [0.5, 0.6) is 0 Å². The zero-order valence-electron chi connectivity index (χ0n) is 17.1. The SMILES string of the molecule is CCC(C)C(N)C(=O)NS(=O)(=O)OC[C@H]1O[C@@H](n2cnc3c(N)nc(I)nc32)[C@H](O)[C@@H]1O. The van der Waals surface area contributed by atoms with Gasteiger partial charge in [0.15, 0.2) is 21.5 Å². The van der Waals surface area contributed by atoms with Gasteiger partial charge in [0.05, 0.1) is 19.0 Å². The average molecular weight is 585 g/mol. The van der Waals surface area contributed by atoms with Crippen LogP contribution in [0.25, 0.3) is 11.2 Å². The molecule has 7 N–H and O–H groups in total. The summed E-state index contributed by atoms with van der Waals surface area (Å²) in [7, 11) is -4.52. The number of rotatable bonds is 8. The lowest BCUT2D eigenvalue weighted by atomic mass is 10.00. The first-order chi connectivity index (χ1) is 14.9. The normalized spacial score (nSPS) is 25.7. The number of nitrogens with one attached hydrogen (secondary N) is 1. The maximum absolute atomic E-state index is 12.1. The third kappa shape index (κ3) is 5.10. The molecule has 0 radical (unpaired) electrons. The van der Waals surface area contributed by atoms with Gasteiger partial charge in [0, 0.05) is 22.6 Å². The van der Waals surface area contributed by atoms with E-state index in [0.29, 0.717) is 10.3 Å². The minimum Gasteiger partial charge on any atom is -0.387 e. The standard InChI is InChI=1S/C16H24IN7O7S/c1-3-6(2)8(18)14(27)23-32(28,29)30-4-7-10(25)11(26)15(31-7)24-5-20-9-12(19)21-16(17)22-13(9)24/h5-8,10-11,15,25-26H,3-4,18H2,1-2H3,(H,23,27)(H2,19,21,22)/t6?,7-,8?,10-,11-,15-/m1/s1. The Kier molecular flexibility index (Phi) is 7.52. The zero-order valence-corrected chi connectivity index (χ0v) is 20.1. The summed E-state index contributed by atoms with van der Waals surface area (Å²) in [6.07, 6.45) is -3.45. The Morgan fingerprint density at radius 2 is 2.09 bits per heavy atom. The second-order valence-electron chi connectivity index (χ2n) is 7.36. The number of hydrogen-bond donors (Lipinski definition) is 5. The van der Waals surface area contributed by atoms with Crippen molar-refractivity contribution in [1.82, 2.24) is 24.2 Å². The summed E-state index contributed by atoms with van der Waals surface area (Å²) < 4.78 is 38.0. The molecule has 0 spiro atoms. The number of aliphatic hydroxyl groups is 2. The van der Waals surface area contributed by atoms with Crippen LogP contribution in [0.2, 0.25) is 0 Å². The third-order valence-electron chi connectivity index (χ3n) is 5.21. The van der Waals surface area contributed by atoms with E-state index >= 15 is 0 Å². The zero-order chi connectivity index (χ0) is 23.8. The smallest absolute Gasteiger partial charge is 0.362 e. The van der Waals surface area contributed by atoms with Gasteiger partial charge in [0.25, 0.3) is 5.91 Å². The van der Waals surface area contributed by atoms with Gasteiger partial charge in [-0.2, -0.15) is 8.42 Å². The number of ether oxygens (including phenoxy) is 1. The van der Waals surface area contributed by atoms with Gasteiger partial charge in [0.1, 0.15) is 23.8 Å². The van der Waals surface area contributed by atoms with Crippen molar-refractivity contribution >= 4 is 55.8 Å². The van der Waals surface area contributed by atoms with Crippen molar-refractivity contribution in [1.29, 1.82) is 0 Å². The second-order valence-corrected chi connectivity index (χ2v) is 9.68. The van der Waals surface area contributed by atoms with Crippen LogP contribution < -0.4 is 16.2 Å². The molecule has 0 aliphatic carbocycles. The van der Waals surface area contributed by atoms with Crippen LogP contribution in [0.4, 0.5) is 5.82 Å². The van der Waals surface area contributed by atoms with Crippen molar-refractivity contribution < 1.29 is 32.3 Å². The van der Waals surface area contributed by atoms with Gasteiger partial charge >= 0.3 is 10.3 Å². The Balaban J connectivity index is 1.69. The Morgan fingerprint density at radius 1 is 1.41 bits per heavy atom. The predicted molar refractivity (Wildman–Crippen MR) is 119 cm³/mol. The molecule has 1 fully saturated rings. The summed E-state index contributed by atoms with van der Waals surface area (Å²) in [4.78, 5) is 24.3. The monoisotopic (exact) mass is 585 g/mol. The third-order valence-corrected chi connectivity index (χ3v) is 6.59. The topological polar surface area (TPSA) is 218 Å². The molecule has 1 amide bonds. The number of amides is 1. The molecule has 0 saturated carbocycles. The molecule has 3 rings (SSSR count). The summed E-state index contributed by atoms with van der Waals surface area (Å²) in [5.74, 6) is -1.03. The molecule has 2 aromatic heterocycles. The first kappa shape index (κ1) is 24.9. The van der Waals surface area contributed by atoms with E-state index in [-0.39, 0.29) is 22.9 Å². The lowest BCUT2D eigenvalue weighted by Crippen LogP contribution is -2.47. The summed E-state index contributed by atoms with van der Waals surface area (Å²) in [6, 6.07) is -1.04. The summed E-state index contributed by atoms with van der Waals surface area (Å²) >= 11 is 1.86. The van der Waals surface area contributed by atoms with E-state index in [4.69, 9.17) is 20.4 Å². The van der Waals surface area contributed by atoms with Crippen LogP contribution in [0.15, 0.2) is 6.33 Å². The second kappa shape index (κ2) is 9.65. The molecule has 0 bridgehead atoms. The van der Waals surface area contributed by atoms with Crippen LogP contribution in [0, 0.1) is 9.75 Å². The minimum atomic E-state index is -4.52. The van der Waals surface area contributed by atoms with Gasteiger partial charge in [-0.1, -0.05) is 20.3 Å². The summed E-state index contributed by atoms with van der Waals surface area (Å²) in [6.45, 7) is 2.85. The Morgan fingerprint density at radius 3 is 2.75 bits per heavy atom. The lowest BCUT2D eigenvalue weighted by Gasteiger charge is -2.18. The number of imidazole rings is 1.